The number of pyridine rings is 1. The smallest absolute Gasteiger partial charge is 0.253 e. The van der Waals surface area contributed by atoms with Crippen molar-refractivity contribution in [2.45, 2.75) is 39.8 Å². The number of rotatable bonds is 4. The Bertz CT molecular complexity index is 1110. The minimum Gasteiger partial charge on any atom is -0.342 e. The van der Waals surface area contributed by atoms with Crippen molar-refractivity contribution < 1.29 is 4.79 Å². The summed E-state index contributed by atoms with van der Waals surface area (Å²) in [5.74, 6) is 0.552. The average molecular weight is 362 g/mol. The van der Waals surface area contributed by atoms with Crippen LogP contribution in [0.1, 0.15) is 54.7 Å². The van der Waals surface area contributed by atoms with E-state index in [2.05, 4.69) is 39.2 Å². The molecular formula is C20H22N6O. The second kappa shape index (κ2) is 6.50. The van der Waals surface area contributed by atoms with Gasteiger partial charge in [-0.25, -0.2) is 14.6 Å². The van der Waals surface area contributed by atoms with Crippen molar-refractivity contribution in [1.29, 1.82) is 0 Å². The molecule has 27 heavy (non-hydrogen) atoms. The first-order valence-electron chi connectivity index (χ1n) is 9.04. The molecule has 0 bridgehead atoms. The van der Waals surface area contributed by atoms with Gasteiger partial charge in [0, 0.05) is 11.4 Å². The molecule has 138 valence electrons. The average Bonchev–Trinajstić information content (AvgIpc) is 3.24. The zero-order valence-corrected chi connectivity index (χ0v) is 15.8. The van der Waals surface area contributed by atoms with E-state index in [0.29, 0.717) is 11.3 Å². The number of amides is 1. The minimum absolute atomic E-state index is 0.174. The van der Waals surface area contributed by atoms with Gasteiger partial charge in [-0.15, -0.1) is 0 Å². The lowest BCUT2D eigenvalue weighted by Crippen LogP contribution is -2.28. The Balaban J connectivity index is 1.61. The molecule has 7 heteroatoms. The molecule has 1 aromatic carbocycles. The van der Waals surface area contributed by atoms with E-state index in [4.69, 9.17) is 0 Å². The van der Waals surface area contributed by atoms with Gasteiger partial charge >= 0.3 is 0 Å². The van der Waals surface area contributed by atoms with E-state index in [1.165, 1.54) is 0 Å². The van der Waals surface area contributed by atoms with Gasteiger partial charge in [0.05, 0.1) is 34.5 Å². The standard InChI is InChI=1S/C20H22N6O/c1-11(2)26-19-14(10-21-26)9-15(12(3)22-19)20(27)23-13(4)18-24-16-7-5-6-8-17(16)25-18/h5-11,13H,1-4H3,(H,23,27)(H,24,25). The van der Waals surface area contributed by atoms with Crippen LogP contribution in [0.3, 0.4) is 0 Å². The molecule has 1 unspecified atom stereocenters. The van der Waals surface area contributed by atoms with Crippen LogP contribution in [0.4, 0.5) is 0 Å². The number of nitrogens with zero attached hydrogens (tertiary/aromatic N) is 4. The van der Waals surface area contributed by atoms with Crippen molar-refractivity contribution in [2.75, 3.05) is 0 Å². The number of fused-ring (bicyclic) bond motifs is 2. The fourth-order valence-corrected chi connectivity index (χ4v) is 3.19. The summed E-state index contributed by atoms with van der Waals surface area (Å²) in [5, 5.41) is 8.24. The Kier molecular flexibility index (Phi) is 4.14. The van der Waals surface area contributed by atoms with Gasteiger partial charge in [0.15, 0.2) is 5.65 Å². The molecule has 0 fully saturated rings. The van der Waals surface area contributed by atoms with Crippen LogP contribution >= 0.6 is 0 Å². The molecule has 0 spiro atoms. The van der Waals surface area contributed by atoms with E-state index in [0.717, 1.165) is 27.9 Å². The zero-order valence-electron chi connectivity index (χ0n) is 15.8. The predicted molar refractivity (Wildman–Crippen MR) is 105 cm³/mol. The molecule has 0 aliphatic heterocycles. The topological polar surface area (TPSA) is 88.5 Å². The van der Waals surface area contributed by atoms with E-state index in [9.17, 15) is 4.79 Å². The van der Waals surface area contributed by atoms with Crippen LogP contribution in [0.5, 0.6) is 0 Å². The number of H-pyrrole nitrogens is 1. The van der Waals surface area contributed by atoms with Gasteiger partial charge in [0.1, 0.15) is 5.82 Å². The number of para-hydroxylation sites is 2. The molecule has 4 rings (SSSR count). The third-order valence-corrected chi connectivity index (χ3v) is 4.66. The second-order valence-electron chi connectivity index (χ2n) is 7.05. The van der Waals surface area contributed by atoms with Gasteiger partial charge in [0.2, 0.25) is 0 Å². The molecule has 2 N–H and O–H groups in total. The van der Waals surface area contributed by atoms with Crippen molar-refractivity contribution in [3.8, 4) is 0 Å². The predicted octanol–water partition coefficient (Wildman–Crippen LogP) is 3.69. The SMILES string of the molecule is Cc1nc2c(cnn2C(C)C)cc1C(=O)NC(C)c1nc2ccccc2[nH]1. The number of aromatic amines is 1. The number of carbonyl (C=O) groups excluding carboxylic acids is 1. The number of imidazole rings is 1. The quantitative estimate of drug-likeness (QED) is 0.579. The Labute approximate surface area is 156 Å². The maximum absolute atomic E-state index is 12.8. The highest BCUT2D eigenvalue weighted by Gasteiger charge is 2.19. The molecule has 3 aromatic heterocycles. The Hall–Kier alpha value is -3.22. The van der Waals surface area contributed by atoms with Gasteiger partial charge in [0.25, 0.3) is 5.91 Å². The Morgan fingerprint density at radius 2 is 1.96 bits per heavy atom. The number of nitrogens with one attached hydrogen (secondary N) is 2. The number of aryl methyl sites for hydroxylation is 1. The highest BCUT2D eigenvalue weighted by atomic mass is 16.1. The fourth-order valence-electron chi connectivity index (χ4n) is 3.19. The van der Waals surface area contributed by atoms with Crippen LogP contribution in [0.15, 0.2) is 36.5 Å². The third kappa shape index (κ3) is 3.05. The summed E-state index contributed by atoms with van der Waals surface area (Å²) in [6.45, 7) is 7.86. The molecule has 7 nitrogen and oxygen atoms in total. The lowest BCUT2D eigenvalue weighted by molar-refractivity contribution is 0.0937. The molecule has 1 amide bonds. The lowest BCUT2D eigenvalue weighted by atomic mass is 10.1. The maximum atomic E-state index is 12.8. The molecule has 0 aliphatic rings. The van der Waals surface area contributed by atoms with Gasteiger partial charge in [-0.1, -0.05) is 12.1 Å². The first-order chi connectivity index (χ1) is 12.9. The van der Waals surface area contributed by atoms with Gasteiger partial charge in [-0.3, -0.25) is 4.79 Å². The Morgan fingerprint density at radius 3 is 2.70 bits per heavy atom. The third-order valence-electron chi connectivity index (χ3n) is 4.66. The van der Waals surface area contributed by atoms with E-state index in [1.807, 2.05) is 48.9 Å². The molecule has 3 heterocycles. The van der Waals surface area contributed by atoms with Crippen molar-refractivity contribution in [1.82, 2.24) is 30.0 Å². The summed E-state index contributed by atoms with van der Waals surface area (Å²) >= 11 is 0. The minimum atomic E-state index is -0.251. The number of aromatic nitrogens is 5. The maximum Gasteiger partial charge on any atom is 0.253 e. The van der Waals surface area contributed by atoms with E-state index < -0.39 is 0 Å². The molecule has 1 atom stereocenters. The lowest BCUT2D eigenvalue weighted by Gasteiger charge is -2.13. The molecule has 0 radical (unpaired) electrons. The number of hydrogen-bond acceptors (Lipinski definition) is 4. The second-order valence-corrected chi connectivity index (χ2v) is 7.05. The van der Waals surface area contributed by atoms with E-state index in [-0.39, 0.29) is 18.0 Å². The van der Waals surface area contributed by atoms with Crippen molar-refractivity contribution in [2.24, 2.45) is 0 Å². The summed E-state index contributed by atoms with van der Waals surface area (Å²) in [6, 6.07) is 9.62. The molecule has 0 aliphatic carbocycles. The number of benzene rings is 1. The van der Waals surface area contributed by atoms with Crippen LogP contribution in [-0.4, -0.2) is 30.6 Å². The largest absolute Gasteiger partial charge is 0.342 e. The van der Waals surface area contributed by atoms with Crippen LogP contribution in [-0.2, 0) is 0 Å². The van der Waals surface area contributed by atoms with Crippen molar-refractivity contribution in [3.05, 3.63) is 53.6 Å². The summed E-state index contributed by atoms with van der Waals surface area (Å²) in [6.07, 6.45) is 1.75. The number of hydrogen-bond donors (Lipinski definition) is 2. The number of carbonyl (C=O) groups is 1. The van der Waals surface area contributed by atoms with E-state index in [1.54, 1.807) is 6.20 Å². The molecule has 4 aromatic rings. The van der Waals surface area contributed by atoms with Crippen LogP contribution < -0.4 is 5.32 Å². The van der Waals surface area contributed by atoms with Crippen molar-refractivity contribution in [3.63, 3.8) is 0 Å². The first kappa shape index (κ1) is 17.2. The highest BCUT2D eigenvalue weighted by molar-refractivity contribution is 5.98. The fraction of sp³-hybridized carbons (Fsp3) is 0.300. The molecule has 0 saturated heterocycles. The summed E-state index contributed by atoms with van der Waals surface area (Å²) in [5.41, 5.74) is 3.86. The summed E-state index contributed by atoms with van der Waals surface area (Å²) in [4.78, 5) is 25.3. The summed E-state index contributed by atoms with van der Waals surface area (Å²) < 4.78 is 1.86. The first-order valence-corrected chi connectivity index (χ1v) is 9.04. The molecule has 0 saturated carbocycles. The van der Waals surface area contributed by atoms with Gasteiger partial charge in [-0.2, -0.15) is 5.10 Å². The van der Waals surface area contributed by atoms with Gasteiger partial charge in [-0.05, 0) is 45.9 Å². The zero-order chi connectivity index (χ0) is 19.1. The van der Waals surface area contributed by atoms with E-state index >= 15 is 0 Å². The highest BCUT2D eigenvalue weighted by Crippen LogP contribution is 2.21. The van der Waals surface area contributed by atoms with Crippen LogP contribution in [0, 0.1) is 6.92 Å². The van der Waals surface area contributed by atoms with Crippen molar-refractivity contribution >= 4 is 28.0 Å². The molecular weight excluding hydrogens is 340 g/mol. The summed E-state index contributed by atoms with van der Waals surface area (Å²) in [7, 11) is 0. The van der Waals surface area contributed by atoms with Crippen LogP contribution in [0.25, 0.3) is 22.1 Å². The Morgan fingerprint density at radius 1 is 1.19 bits per heavy atom. The monoisotopic (exact) mass is 362 g/mol. The van der Waals surface area contributed by atoms with Crippen LogP contribution in [0.2, 0.25) is 0 Å². The normalized spacial score (nSPS) is 12.8. The van der Waals surface area contributed by atoms with Gasteiger partial charge < -0.3 is 10.3 Å².